The lowest BCUT2D eigenvalue weighted by molar-refractivity contribution is 0.555. The number of benzene rings is 1. The van der Waals surface area contributed by atoms with Crippen molar-refractivity contribution in [3.63, 3.8) is 0 Å². The van der Waals surface area contributed by atoms with Gasteiger partial charge in [-0.1, -0.05) is 15.9 Å². The van der Waals surface area contributed by atoms with E-state index in [9.17, 15) is 0 Å². The summed E-state index contributed by atoms with van der Waals surface area (Å²) in [6.45, 7) is 6.47. The molecule has 0 saturated heterocycles. The molecule has 1 aromatic carbocycles. The molecule has 2 N–H and O–H groups in total. The highest BCUT2D eigenvalue weighted by Gasteiger charge is 2.13. The number of fused-ring (bicyclic) bond motifs is 1. The molecule has 0 saturated carbocycles. The third kappa shape index (κ3) is 3.37. The molecule has 2 rings (SSSR count). The van der Waals surface area contributed by atoms with Gasteiger partial charge in [0.15, 0.2) is 0 Å². The van der Waals surface area contributed by atoms with Crippen LogP contribution < -0.4 is 5.73 Å². The Hall–Kier alpha value is -0.870. The Morgan fingerprint density at radius 1 is 1.32 bits per heavy atom. The van der Waals surface area contributed by atoms with Gasteiger partial charge in [0, 0.05) is 23.0 Å². The molecule has 0 fully saturated rings. The van der Waals surface area contributed by atoms with Crippen molar-refractivity contribution in [2.24, 2.45) is 5.73 Å². The smallest absolute Gasteiger partial charge is 0.110 e. The summed E-state index contributed by atoms with van der Waals surface area (Å²) in [6, 6.07) is 7.00. The molecule has 19 heavy (non-hydrogen) atoms. The molecule has 1 atom stereocenters. The lowest BCUT2D eigenvalue weighted by Gasteiger charge is -2.13. The fourth-order valence-corrected chi connectivity index (χ4v) is 2.81. The van der Waals surface area contributed by atoms with Gasteiger partial charge in [-0.15, -0.1) is 0 Å². The second-order valence-electron chi connectivity index (χ2n) is 5.49. The van der Waals surface area contributed by atoms with Gasteiger partial charge in [-0.25, -0.2) is 4.98 Å². The molecule has 0 amide bonds. The fourth-order valence-electron chi connectivity index (χ4n) is 2.46. The molecule has 1 unspecified atom stereocenters. The maximum Gasteiger partial charge on any atom is 0.110 e. The zero-order valence-corrected chi connectivity index (χ0v) is 13.4. The van der Waals surface area contributed by atoms with Crippen molar-refractivity contribution in [2.75, 3.05) is 0 Å². The first kappa shape index (κ1) is 14.5. The maximum absolute atomic E-state index is 5.82. The minimum Gasteiger partial charge on any atom is -0.328 e. The quantitative estimate of drug-likeness (QED) is 0.902. The van der Waals surface area contributed by atoms with E-state index in [1.54, 1.807) is 0 Å². The molecule has 0 radical (unpaired) electrons. The van der Waals surface area contributed by atoms with Crippen LogP contribution in [0.25, 0.3) is 11.0 Å². The van der Waals surface area contributed by atoms with Crippen molar-refractivity contribution in [3.05, 3.63) is 28.5 Å². The highest BCUT2D eigenvalue weighted by Crippen LogP contribution is 2.25. The number of rotatable bonds is 5. The molecule has 1 aromatic heterocycles. The van der Waals surface area contributed by atoms with E-state index in [1.807, 2.05) is 0 Å². The number of imidazole rings is 1. The Kier molecular flexibility index (Phi) is 4.63. The first-order valence-electron chi connectivity index (χ1n) is 6.91. The largest absolute Gasteiger partial charge is 0.328 e. The van der Waals surface area contributed by atoms with Gasteiger partial charge in [0.2, 0.25) is 0 Å². The van der Waals surface area contributed by atoms with Gasteiger partial charge in [0.1, 0.15) is 5.82 Å². The van der Waals surface area contributed by atoms with Gasteiger partial charge in [0.25, 0.3) is 0 Å². The summed E-state index contributed by atoms with van der Waals surface area (Å²) in [4.78, 5) is 4.78. The van der Waals surface area contributed by atoms with Crippen molar-refractivity contribution in [1.29, 1.82) is 0 Å². The van der Waals surface area contributed by atoms with E-state index in [1.165, 1.54) is 11.3 Å². The predicted octanol–water partition coefficient (Wildman–Crippen LogP) is 4.05. The summed E-state index contributed by atoms with van der Waals surface area (Å²) in [5, 5.41) is 0. The number of nitrogens with two attached hydrogens (primary N) is 1. The number of hydrogen-bond acceptors (Lipinski definition) is 2. The lowest BCUT2D eigenvalue weighted by atomic mass is 10.1. The molecule has 3 nitrogen and oxygen atoms in total. The monoisotopic (exact) mass is 323 g/mol. The van der Waals surface area contributed by atoms with Crippen LogP contribution in [0.3, 0.4) is 0 Å². The molecule has 2 aromatic rings. The number of aromatic nitrogens is 2. The molecule has 4 heteroatoms. The van der Waals surface area contributed by atoms with E-state index in [0.29, 0.717) is 6.04 Å². The Balaban J connectivity index is 2.33. The van der Waals surface area contributed by atoms with Crippen LogP contribution in [0.1, 0.15) is 45.5 Å². The van der Waals surface area contributed by atoms with Gasteiger partial charge in [-0.05, 0) is 51.8 Å². The Labute approximate surface area is 123 Å². The number of halogens is 1. The zero-order valence-electron chi connectivity index (χ0n) is 11.9. The lowest BCUT2D eigenvalue weighted by Crippen LogP contribution is -2.15. The SMILES string of the molecule is CC(N)CCCc1nc2cc(Br)ccc2n1C(C)C. The molecule has 0 aliphatic carbocycles. The average molecular weight is 324 g/mol. The van der Waals surface area contributed by atoms with E-state index >= 15 is 0 Å². The number of nitrogens with zero attached hydrogens (tertiary/aromatic N) is 2. The summed E-state index contributed by atoms with van der Waals surface area (Å²) < 4.78 is 3.42. The molecular formula is C15H22BrN3. The number of aryl methyl sites for hydroxylation is 1. The van der Waals surface area contributed by atoms with Gasteiger partial charge in [-0.3, -0.25) is 0 Å². The van der Waals surface area contributed by atoms with Crippen molar-refractivity contribution in [1.82, 2.24) is 9.55 Å². The van der Waals surface area contributed by atoms with Crippen LogP contribution in [0.5, 0.6) is 0 Å². The first-order chi connectivity index (χ1) is 8.99. The van der Waals surface area contributed by atoms with E-state index in [2.05, 4.69) is 59.5 Å². The van der Waals surface area contributed by atoms with Crippen molar-refractivity contribution in [2.45, 2.75) is 52.1 Å². The second kappa shape index (κ2) is 6.06. The van der Waals surface area contributed by atoms with Gasteiger partial charge >= 0.3 is 0 Å². The van der Waals surface area contributed by atoms with Gasteiger partial charge in [0.05, 0.1) is 11.0 Å². The fraction of sp³-hybridized carbons (Fsp3) is 0.533. The molecule has 0 aliphatic rings. The van der Waals surface area contributed by atoms with Crippen LogP contribution in [-0.4, -0.2) is 15.6 Å². The third-order valence-electron chi connectivity index (χ3n) is 3.30. The van der Waals surface area contributed by atoms with E-state index in [0.717, 1.165) is 29.3 Å². The van der Waals surface area contributed by atoms with Gasteiger partial charge in [-0.2, -0.15) is 0 Å². The minimum atomic E-state index is 0.269. The summed E-state index contributed by atoms with van der Waals surface area (Å²) in [5.41, 5.74) is 8.10. The Bertz CT molecular complexity index is 558. The number of hydrogen-bond donors (Lipinski definition) is 1. The van der Waals surface area contributed by atoms with Crippen molar-refractivity contribution >= 4 is 27.0 Å². The first-order valence-corrected chi connectivity index (χ1v) is 7.70. The zero-order chi connectivity index (χ0) is 14.0. The summed E-state index contributed by atoms with van der Waals surface area (Å²) >= 11 is 3.51. The van der Waals surface area contributed by atoms with E-state index in [4.69, 9.17) is 10.7 Å². The van der Waals surface area contributed by atoms with E-state index < -0.39 is 0 Å². The van der Waals surface area contributed by atoms with Crippen LogP contribution in [0.15, 0.2) is 22.7 Å². The highest BCUT2D eigenvalue weighted by atomic mass is 79.9. The molecular weight excluding hydrogens is 302 g/mol. The molecule has 104 valence electrons. The summed E-state index contributed by atoms with van der Waals surface area (Å²) in [6.07, 6.45) is 3.13. The van der Waals surface area contributed by atoms with Crippen molar-refractivity contribution < 1.29 is 0 Å². The van der Waals surface area contributed by atoms with Crippen LogP contribution in [0.4, 0.5) is 0 Å². The Morgan fingerprint density at radius 3 is 2.68 bits per heavy atom. The maximum atomic E-state index is 5.82. The topological polar surface area (TPSA) is 43.8 Å². The molecule has 0 bridgehead atoms. The molecule has 1 heterocycles. The summed E-state index contributed by atoms with van der Waals surface area (Å²) in [7, 11) is 0. The predicted molar refractivity (Wildman–Crippen MR) is 84.4 cm³/mol. The standard InChI is InChI=1S/C15H22BrN3/c1-10(2)19-14-8-7-12(16)9-13(14)18-15(19)6-4-5-11(3)17/h7-11H,4-6,17H2,1-3H3. The van der Waals surface area contributed by atoms with Gasteiger partial charge < -0.3 is 10.3 Å². The molecule has 0 spiro atoms. The third-order valence-corrected chi connectivity index (χ3v) is 3.79. The van der Waals surface area contributed by atoms with Crippen LogP contribution in [0, 0.1) is 0 Å². The minimum absolute atomic E-state index is 0.269. The van der Waals surface area contributed by atoms with Crippen LogP contribution in [-0.2, 0) is 6.42 Å². The molecule has 0 aliphatic heterocycles. The van der Waals surface area contributed by atoms with Crippen LogP contribution >= 0.6 is 15.9 Å². The highest BCUT2D eigenvalue weighted by molar-refractivity contribution is 9.10. The second-order valence-corrected chi connectivity index (χ2v) is 6.41. The van der Waals surface area contributed by atoms with Crippen molar-refractivity contribution in [3.8, 4) is 0 Å². The van der Waals surface area contributed by atoms with Crippen LogP contribution in [0.2, 0.25) is 0 Å². The Morgan fingerprint density at radius 2 is 2.05 bits per heavy atom. The average Bonchev–Trinajstić information content (AvgIpc) is 2.65. The normalized spacial score (nSPS) is 13.4. The summed E-state index contributed by atoms with van der Waals surface area (Å²) in [5.74, 6) is 1.17. The van der Waals surface area contributed by atoms with E-state index in [-0.39, 0.29) is 6.04 Å².